The predicted molar refractivity (Wildman–Crippen MR) is 112 cm³/mol. The van der Waals surface area contributed by atoms with Gasteiger partial charge in [0.1, 0.15) is 5.82 Å². The zero-order chi connectivity index (χ0) is 21.4. The largest absolute Gasteiger partial charge is 0.481 e. The lowest BCUT2D eigenvalue weighted by Crippen LogP contribution is -2.55. The van der Waals surface area contributed by atoms with Crippen LogP contribution < -0.4 is 9.64 Å². The highest BCUT2D eigenvalue weighted by molar-refractivity contribution is 5.80. The molecule has 3 aromatic rings. The summed E-state index contributed by atoms with van der Waals surface area (Å²) in [7, 11) is 1.60. The normalized spacial score (nSPS) is 18.0. The van der Waals surface area contributed by atoms with E-state index in [1.807, 2.05) is 31.3 Å². The van der Waals surface area contributed by atoms with Gasteiger partial charge in [0.05, 0.1) is 32.1 Å². The number of hydrogen-bond acceptors (Lipinski definition) is 8. The Balaban J connectivity index is 1.33. The van der Waals surface area contributed by atoms with Crippen LogP contribution in [0, 0.1) is 0 Å². The van der Waals surface area contributed by atoms with E-state index >= 15 is 0 Å². The molecule has 0 N–H and O–H groups in total. The highest BCUT2D eigenvalue weighted by Crippen LogP contribution is 2.31. The monoisotopic (exact) mass is 424 g/mol. The van der Waals surface area contributed by atoms with Gasteiger partial charge in [0.15, 0.2) is 11.2 Å². The second-order valence-corrected chi connectivity index (χ2v) is 7.96. The van der Waals surface area contributed by atoms with Gasteiger partial charge >= 0.3 is 6.09 Å². The molecule has 2 aliphatic rings. The third kappa shape index (κ3) is 3.63. The number of aromatic nitrogens is 4. The Hall–Kier alpha value is -3.40. The molecule has 162 valence electrons. The van der Waals surface area contributed by atoms with Gasteiger partial charge in [-0.3, -0.25) is 0 Å². The third-order valence-corrected chi connectivity index (χ3v) is 5.62. The Kier molecular flexibility index (Phi) is 4.85. The highest BCUT2D eigenvalue weighted by Gasteiger charge is 2.39. The standard InChI is InChI=1S/C21H24N6O4/c1-21(13-30-14-21)31-20(28)26-10-8-25(9-11-26)17-5-7-27-18(24-17)16(12-23-27)15-4-3-6-22-19(15)29-2/h3-7,12H,8-11,13-14H2,1-2H3. The predicted octanol–water partition coefficient (Wildman–Crippen LogP) is 1.85. The average Bonchev–Trinajstić information content (AvgIpc) is 3.21. The fourth-order valence-corrected chi connectivity index (χ4v) is 3.83. The van der Waals surface area contributed by atoms with Gasteiger partial charge in [-0.2, -0.15) is 5.10 Å². The molecule has 5 heterocycles. The van der Waals surface area contributed by atoms with Gasteiger partial charge in [-0.05, 0) is 25.1 Å². The molecule has 2 fully saturated rings. The topological polar surface area (TPSA) is 94.3 Å². The fraction of sp³-hybridized carbons (Fsp3) is 0.429. The lowest BCUT2D eigenvalue weighted by Gasteiger charge is -2.40. The maximum absolute atomic E-state index is 12.4. The Morgan fingerprint density at radius 2 is 1.97 bits per heavy atom. The van der Waals surface area contributed by atoms with Crippen molar-refractivity contribution in [1.29, 1.82) is 0 Å². The van der Waals surface area contributed by atoms with Crippen molar-refractivity contribution in [2.75, 3.05) is 51.4 Å². The molecule has 2 aliphatic heterocycles. The van der Waals surface area contributed by atoms with Crippen molar-refractivity contribution in [2.45, 2.75) is 12.5 Å². The van der Waals surface area contributed by atoms with Crippen LogP contribution in [0.2, 0.25) is 0 Å². The molecule has 10 nitrogen and oxygen atoms in total. The van der Waals surface area contributed by atoms with Crippen molar-refractivity contribution in [3.8, 4) is 17.0 Å². The SMILES string of the molecule is COc1ncccc1-c1cnn2ccc(N3CCN(C(=O)OC4(C)COC4)CC3)nc12. The molecule has 10 heteroatoms. The Bertz CT molecular complexity index is 1100. The first-order valence-electron chi connectivity index (χ1n) is 10.2. The van der Waals surface area contributed by atoms with E-state index in [0.717, 1.165) is 22.6 Å². The van der Waals surface area contributed by atoms with Gasteiger partial charge in [-0.25, -0.2) is 19.3 Å². The molecule has 0 spiro atoms. The van der Waals surface area contributed by atoms with Gasteiger partial charge < -0.3 is 24.0 Å². The molecule has 0 saturated carbocycles. The molecule has 0 unspecified atom stereocenters. The average molecular weight is 424 g/mol. The van der Waals surface area contributed by atoms with Crippen molar-refractivity contribution in [3.05, 3.63) is 36.8 Å². The summed E-state index contributed by atoms with van der Waals surface area (Å²) in [5, 5.41) is 4.41. The Morgan fingerprint density at radius 1 is 1.16 bits per heavy atom. The Morgan fingerprint density at radius 3 is 2.68 bits per heavy atom. The summed E-state index contributed by atoms with van der Waals surface area (Å²) in [6.45, 7) is 5.30. The number of pyridine rings is 1. The summed E-state index contributed by atoms with van der Waals surface area (Å²) in [6.07, 6.45) is 5.07. The van der Waals surface area contributed by atoms with E-state index < -0.39 is 5.60 Å². The first-order valence-corrected chi connectivity index (χ1v) is 10.2. The molecule has 31 heavy (non-hydrogen) atoms. The minimum Gasteiger partial charge on any atom is -0.481 e. The van der Waals surface area contributed by atoms with Crippen LogP contribution in [0.5, 0.6) is 5.88 Å². The van der Waals surface area contributed by atoms with E-state index in [2.05, 4.69) is 15.0 Å². The van der Waals surface area contributed by atoms with Gasteiger partial charge in [0, 0.05) is 44.1 Å². The van der Waals surface area contributed by atoms with Crippen LogP contribution in [0.25, 0.3) is 16.8 Å². The lowest BCUT2D eigenvalue weighted by atomic mass is 10.1. The van der Waals surface area contributed by atoms with Crippen LogP contribution in [0.4, 0.5) is 10.6 Å². The summed E-state index contributed by atoms with van der Waals surface area (Å²) < 4.78 is 17.9. The second-order valence-electron chi connectivity index (χ2n) is 7.96. The lowest BCUT2D eigenvalue weighted by molar-refractivity contribution is -0.172. The molecule has 0 atom stereocenters. The number of methoxy groups -OCH3 is 1. The summed E-state index contributed by atoms with van der Waals surface area (Å²) in [4.78, 5) is 25.5. The molecule has 0 radical (unpaired) electrons. The molecular weight excluding hydrogens is 400 g/mol. The Labute approximate surface area is 179 Å². The van der Waals surface area contributed by atoms with Crippen LogP contribution >= 0.6 is 0 Å². The zero-order valence-corrected chi connectivity index (χ0v) is 17.5. The van der Waals surface area contributed by atoms with Gasteiger partial charge in [0.25, 0.3) is 0 Å². The van der Waals surface area contributed by atoms with Crippen LogP contribution in [-0.4, -0.2) is 82.7 Å². The van der Waals surface area contributed by atoms with Crippen molar-refractivity contribution >= 4 is 17.6 Å². The molecule has 2 saturated heterocycles. The minimum atomic E-state index is -0.493. The quantitative estimate of drug-likeness (QED) is 0.626. The van der Waals surface area contributed by atoms with Crippen LogP contribution in [0.1, 0.15) is 6.92 Å². The molecular formula is C21H24N6O4. The van der Waals surface area contributed by atoms with Gasteiger partial charge in [-0.15, -0.1) is 0 Å². The van der Waals surface area contributed by atoms with E-state index in [9.17, 15) is 4.79 Å². The number of rotatable bonds is 4. The van der Waals surface area contributed by atoms with Crippen LogP contribution in [0.15, 0.2) is 36.8 Å². The van der Waals surface area contributed by atoms with E-state index in [0.29, 0.717) is 45.3 Å². The van der Waals surface area contributed by atoms with E-state index in [1.54, 1.807) is 28.9 Å². The maximum Gasteiger partial charge on any atom is 0.410 e. The summed E-state index contributed by atoms with van der Waals surface area (Å²) in [5.74, 6) is 1.37. The number of amides is 1. The highest BCUT2D eigenvalue weighted by atomic mass is 16.6. The fourth-order valence-electron chi connectivity index (χ4n) is 3.83. The van der Waals surface area contributed by atoms with Crippen molar-refractivity contribution < 1.29 is 19.0 Å². The molecule has 5 rings (SSSR count). The molecule has 1 amide bonds. The number of carbonyl (C=O) groups excluding carboxylic acids is 1. The number of carbonyl (C=O) groups is 1. The van der Waals surface area contributed by atoms with Crippen LogP contribution in [-0.2, 0) is 9.47 Å². The van der Waals surface area contributed by atoms with E-state index in [4.69, 9.17) is 19.2 Å². The van der Waals surface area contributed by atoms with E-state index in [-0.39, 0.29) is 6.09 Å². The zero-order valence-electron chi connectivity index (χ0n) is 17.5. The van der Waals surface area contributed by atoms with Crippen LogP contribution in [0.3, 0.4) is 0 Å². The van der Waals surface area contributed by atoms with Gasteiger partial charge in [0.2, 0.25) is 5.88 Å². The smallest absolute Gasteiger partial charge is 0.410 e. The minimum absolute atomic E-state index is 0.282. The van der Waals surface area contributed by atoms with Crippen molar-refractivity contribution in [1.82, 2.24) is 24.5 Å². The number of piperazine rings is 1. The molecule has 0 aliphatic carbocycles. The first-order chi connectivity index (χ1) is 15.1. The molecule has 0 aromatic carbocycles. The molecule has 3 aromatic heterocycles. The van der Waals surface area contributed by atoms with Crippen molar-refractivity contribution in [3.63, 3.8) is 0 Å². The summed E-state index contributed by atoms with van der Waals surface area (Å²) in [5.41, 5.74) is 1.92. The summed E-state index contributed by atoms with van der Waals surface area (Å²) in [6, 6.07) is 5.74. The first kappa shape index (κ1) is 19.6. The number of ether oxygens (including phenoxy) is 3. The maximum atomic E-state index is 12.4. The summed E-state index contributed by atoms with van der Waals surface area (Å²) >= 11 is 0. The second kappa shape index (κ2) is 7.69. The van der Waals surface area contributed by atoms with Gasteiger partial charge in [-0.1, -0.05) is 0 Å². The number of hydrogen-bond donors (Lipinski definition) is 0. The van der Waals surface area contributed by atoms with E-state index in [1.165, 1.54) is 0 Å². The molecule has 0 bridgehead atoms. The number of anilines is 1. The number of nitrogens with zero attached hydrogens (tertiary/aromatic N) is 6. The van der Waals surface area contributed by atoms with Crippen molar-refractivity contribution in [2.24, 2.45) is 0 Å². The third-order valence-electron chi connectivity index (χ3n) is 5.62. The number of fused-ring (bicyclic) bond motifs is 1.